The van der Waals surface area contributed by atoms with E-state index in [1.54, 1.807) is 17.8 Å². The van der Waals surface area contributed by atoms with E-state index in [0.29, 0.717) is 5.69 Å². The maximum atomic E-state index is 12.7. The summed E-state index contributed by atoms with van der Waals surface area (Å²) in [5.41, 5.74) is 1.23. The van der Waals surface area contributed by atoms with Gasteiger partial charge >= 0.3 is 0 Å². The van der Waals surface area contributed by atoms with Gasteiger partial charge in [0, 0.05) is 18.3 Å². The molecule has 7 heteroatoms. The summed E-state index contributed by atoms with van der Waals surface area (Å²) in [6.07, 6.45) is 5.22. The zero-order chi connectivity index (χ0) is 17.2. The van der Waals surface area contributed by atoms with E-state index in [-0.39, 0.29) is 17.5 Å². The van der Waals surface area contributed by atoms with Gasteiger partial charge in [0.15, 0.2) is 0 Å². The third-order valence-electron chi connectivity index (χ3n) is 4.30. The van der Waals surface area contributed by atoms with Crippen LogP contribution in [0.1, 0.15) is 38.6 Å². The molecule has 2 N–H and O–H groups in total. The molecule has 1 unspecified atom stereocenters. The van der Waals surface area contributed by atoms with Crippen molar-refractivity contribution in [3.63, 3.8) is 0 Å². The highest BCUT2D eigenvalue weighted by Crippen LogP contribution is 2.33. The number of aliphatic hydroxyl groups is 1. The second-order valence-corrected chi connectivity index (χ2v) is 8.06. The van der Waals surface area contributed by atoms with Gasteiger partial charge in [0.25, 0.3) is 0 Å². The predicted molar refractivity (Wildman–Crippen MR) is 92.0 cm³/mol. The number of hydrogen-bond acceptors (Lipinski definition) is 4. The summed E-state index contributed by atoms with van der Waals surface area (Å²) in [5, 5.41) is 14.0. The van der Waals surface area contributed by atoms with Crippen LogP contribution in [-0.4, -0.2) is 36.0 Å². The molecular formula is C17H23N3O3S. The Bertz CT molecular complexity index is 779. The molecule has 1 aromatic heterocycles. The van der Waals surface area contributed by atoms with Crippen molar-refractivity contribution in [1.82, 2.24) is 14.5 Å². The lowest BCUT2D eigenvalue weighted by molar-refractivity contribution is 0.198. The van der Waals surface area contributed by atoms with Crippen LogP contribution >= 0.6 is 0 Å². The molecule has 2 aromatic rings. The molecule has 1 aliphatic rings. The lowest BCUT2D eigenvalue weighted by Crippen LogP contribution is -2.30. The smallest absolute Gasteiger partial charge is 0.244 e. The first-order chi connectivity index (χ1) is 11.5. The summed E-state index contributed by atoms with van der Waals surface area (Å²) >= 11 is 0. The van der Waals surface area contributed by atoms with Crippen molar-refractivity contribution in [2.24, 2.45) is 0 Å². The Kier molecular flexibility index (Phi) is 5.03. The first kappa shape index (κ1) is 17.1. The van der Waals surface area contributed by atoms with E-state index in [0.717, 1.165) is 31.2 Å². The van der Waals surface area contributed by atoms with Gasteiger partial charge in [0.2, 0.25) is 10.0 Å². The molecule has 1 aromatic carbocycles. The molecular weight excluding hydrogens is 326 g/mol. The van der Waals surface area contributed by atoms with Crippen molar-refractivity contribution in [1.29, 1.82) is 0 Å². The molecule has 1 saturated carbocycles. The van der Waals surface area contributed by atoms with E-state index >= 15 is 0 Å². The van der Waals surface area contributed by atoms with Crippen LogP contribution in [0.15, 0.2) is 41.4 Å². The van der Waals surface area contributed by atoms with E-state index in [1.165, 1.54) is 0 Å². The van der Waals surface area contributed by atoms with Crippen LogP contribution in [0.25, 0.3) is 11.3 Å². The maximum absolute atomic E-state index is 12.7. The summed E-state index contributed by atoms with van der Waals surface area (Å²) < 4.78 is 29.6. The van der Waals surface area contributed by atoms with Crippen LogP contribution in [0.4, 0.5) is 0 Å². The molecule has 0 amide bonds. The number of nitrogens with one attached hydrogen (secondary N) is 1. The van der Waals surface area contributed by atoms with Gasteiger partial charge < -0.3 is 5.11 Å². The number of rotatable bonds is 6. The van der Waals surface area contributed by atoms with Gasteiger partial charge in [-0.25, -0.2) is 13.1 Å². The predicted octanol–water partition coefficient (Wildman–Crippen LogP) is 2.32. The van der Waals surface area contributed by atoms with Gasteiger partial charge in [-0.3, -0.25) is 4.68 Å². The number of nitrogens with zero attached hydrogens (tertiary/aromatic N) is 2. The summed E-state index contributed by atoms with van der Waals surface area (Å²) in [4.78, 5) is 0.168. The minimum Gasteiger partial charge on any atom is -0.392 e. The molecule has 0 spiro atoms. The van der Waals surface area contributed by atoms with Gasteiger partial charge in [-0.05, 0) is 19.8 Å². The zero-order valence-electron chi connectivity index (χ0n) is 13.7. The third-order valence-corrected chi connectivity index (χ3v) is 5.73. The molecule has 6 nitrogen and oxygen atoms in total. The van der Waals surface area contributed by atoms with Crippen LogP contribution < -0.4 is 4.72 Å². The fourth-order valence-corrected chi connectivity index (χ4v) is 4.31. The fourth-order valence-electron chi connectivity index (χ4n) is 3.03. The van der Waals surface area contributed by atoms with Gasteiger partial charge in [0.1, 0.15) is 10.6 Å². The Labute approximate surface area is 142 Å². The van der Waals surface area contributed by atoms with E-state index < -0.39 is 16.1 Å². The minimum atomic E-state index is -3.74. The molecule has 0 bridgehead atoms. The molecule has 24 heavy (non-hydrogen) atoms. The first-order valence-corrected chi connectivity index (χ1v) is 9.78. The van der Waals surface area contributed by atoms with Gasteiger partial charge in [-0.1, -0.05) is 43.2 Å². The molecule has 1 heterocycles. The lowest BCUT2D eigenvalue weighted by atomic mass is 10.2. The monoisotopic (exact) mass is 349 g/mol. The van der Waals surface area contributed by atoms with Gasteiger partial charge in [0.05, 0.1) is 12.1 Å². The van der Waals surface area contributed by atoms with E-state index in [4.69, 9.17) is 0 Å². The number of aromatic nitrogens is 2. The molecule has 0 radical (unpaired) electrons. The molecule has 3 rings (SSSR count). The normalized spacial score (nSPS) is 17.2. The largest absolute Gasteiger partial charge is 0.392 e. The minimum absolute atomic E-state index is 0.0226. The highest BCUT2D eigenvalue weighted by Gasteiger charge is 2.27. The number of aliphatic hydroxyl groups excluding tert-OH is 1. The van der Waals surface area contributed by atoms with Crippen LogP contribution in [0.2, 0.25) is 0 Å². The average molecular weight is 349 g/mol. The number of hydrogen-bond donors (Lipinski definition) is 2. The number of sulfonamides is 1. The maximum Gasteiger partial charge on any atom is 0.244 e. The Morgan fingerprint density at radius 1 is 1.29 bits per heavy atom. The second-order valence-electron chi connectivity index (χ2n) is 6.33. The van der Waals surface area contributed by atoms with Gasteiger partial charge in [-0.15, -0.1) is 0 Å². The summed E-state index contributed by atoms with van der Waals surface area (Å²) in [5.74, 6) is 0. The molecule has 130 valence electrons. The Morgan fingerprint density at radius 3 is 2.58 bits per heavy atom. The van der Waals surface area contributed by atoms with E-state index in [9.17, 15) is 13.5 Å². The Morgan fingerprint density at radius 2 is 1.96 bits per heavy atom. The SMILES string of the molecule is CC(O)CNS(=O)(=O)c1cn(C2CCCC2)nc1-c1ccccc1. The van der Waals surface area contributed by atoms with Crippen LogP contribution in [0.3, 0.4) is 0 Å². The van der Waals surface area contributed by atoms with E-state index in [2.05, 4.69) is 9.82 Å². The summed E-state index contributed by atoms with van der Waals surface area (Å²) in [6.45, 7) is 1.52. The molecule has 1 fully saturated rings. The first-order valence-electron chi connectivity index (χ1n) is 8.29. The highest BCUT2D eigenvalue weighted by atomic mass is 32.2. The van der Waals surface area contributed by atoms with Crippen molar-refractivity contribution in [3.05, 3.63) is 36.5 Å². The molecule has 0 saturated heterocycles. The highest BCUT2D eigenvalue weighted by molar-refractivity contribution is 7.89. The van der Waals surface area contributed by atoms with Gasteiger partial charge in [-0.2, -0.15) is 5.10 Å². The van der Waals surface area contributed by atoms with Crippen LogP contribution in [-0.2, 0) is 10.0 Å². The number of benzene rings is 1. The van der Waals surface area contributed by atoms with E-state index in [1.807, 2.05) is 30.3 Å². The van der Waals surface area contributed by atoms with Crippen molar-refractivity contribution < 1.29 is 13.5 Å². The fraction of sp³-hybridized carbons (Fsp3) is 0.471. The standard InChI is InChI=1S/C17H23N3O3S/c1-13(21)11-18-24(22,23)16-12-20(15-9-5-6-10-15)19-17(16)14-7-3-2-4-8-14/h2-4,7-8,12-13,15,18,21H,5-6,9-11H2,1H3. The molecule has 1 atom stereocenters. The summed E-state index contributed by atoms with van der Waals surface area (Å²) in [6, 6.07) is 9.59. The van der Waals surface area contributed by atoms with Crippen molar-refractivity contribution in [2.75, 3.05) is 6.54 Å². The van der Waals surface area contributed by atoms with Crippen molar-refractivity contribution in [3.8, 4) is 11.3 Å². The quantitative estimate of drug-likeness (QED) is 0.838. The van der Waals surface area contributed by atoms with Crippen LogP contribution in [0, 0.1) is 0 Å². The lowest BCUT2D eigenvalue weighted by Gasteiger charge is -2.09. The Hall–Kier alpha value is -1.70. The zero-order valence-corrected chi connectivity index (χ0v) is 14.5. The summed E-state index contributed by atoms with van der Waals surface area (Å²) in [7, 11) is -3.74. The van der Waals surface area contributed by atoms with Crippen LogP contribution in [0.5, 0.6) is 0 Å². The average Bonchev–Trinajstić information content (AvgIpc) is 3.23. The molecule has 0 aliphatic heterocycles. The Balaban J connectivity index is 2.02. The topological polar surface area (TPSA) is 84.2 Å². The second kappa shape index (κ2) is 7.04. The van der Waals surface area contributed by atoms with Crippen molar-refractivity contribution in [2.45, 2.75) is 49.6 Å². The van der Waals surface area contributed by atoms with Crippen molar-refractivity contribution >= 4 is 10.0 Å². The third kappa shape index (κ3) is 3.68. The molecule has 1 aliphatic carbocycles.